The fourth-order valence-corrected chi connectivity index (χ4v) is 4.11. The second kappa shape index (κ2) is 7.06. The normalized spacial score (nSPS) is 26.0. The van der Waals surface area contributed by atoms with Gasteiger partial charge in [0.2, 0.25) is 11.8 Å². The van der Waals surface area contributed by atoms with Gasteiger partial charge in [-0.3, -0.25) is 9.59 Å². The number of nitrogens with one attached hydrogen (secondary N) is 1. The molecule has 3 amide bonds. The zero-order valence-electron chi connectivity index (χ0n) is 15.9. The molecule has 26 heavy (non-hydrogen) atoms. The van der Waals surface area contributed by atoms with Crippen LogP contribution in [0.3, 0.4) is 0 Å². The van der Waals surface area contributed by atoms with Gasteiger partial charge in [-0.05, 0) is 33.6 Å². The molecule has 1 atom stereocenters. The molecule has 8 heteroatoms. The van der Waals surface area contributed by atoms with E-state index in [1.807, 2.05) is 20.8 Å². The summed E-state index contributed by atoms with van der Waals surface area (Å²) in [6, 6.07) is 0. The van der Waals surface area contributed by atoms with E-state index in [0.717, 1.165) is 12.8 Å². The molecule has 3 fully saturated rings. The highest BCUT2D eigenvalue weighted by Crippen LogP contribution is 2.45. The smallest absolute Gasteiger partial charge is 0.410 e. The average molecular weight is 367 g/mol. The predicted octanol–water partition coefficient (Wildman–Crippen LogP) is 0.609. The quantitative estimate of drug-likeness (QED) is 0.734. The van der Waals surface area contributed by atoms with Crippen LogP contribution in [0.5, 0.6) is 0 Å². The Morgan fingerprint density at radius 1 is 1.23 bits per heavy atom. The second-order valence-electron chi connectivity index (χ2n) is 8.50. The van der Waals surface area contributed by atoms with Crippen molar-refractivity contribution in [2.75, 3.05) is 45.9 Å². The van der Waals surface area contributed by atoms with Crippen molar-refractivity contribution in [3.05, 3.63) is 0 Å². The predicted molar refractivity (Wildman–Crippen MR) is 93.4 cm³/mol. The highest BCUT2D eigenvalue weighted by molar-refractivity contribution is 5.88. The molecule has 8 nitrogen and oxygen atoms in total. The SMILES string of the molecule is CC(C)(C)OC(=O)N1CC(C(=O)N2CCNC(=O)C2)C2(CCOCC2)C1. The minimum absolute atomic E-state index is 0.0344. The molecule has 1 N–H and O–H groups in total. The molecule has 3 heterocycles. The number of likely N-dealkylation sites (tertiary alicyclic amines) is 1. The molecule has 0 saturated carbocycles. The number of rotatable bonds is 1. The molecule has 3 aliphatic rings. The Kier molecular flexibility index (Phi) is 5.14. The monoisotopic (exact) mass is 367 g/mol. The van der Waals surface area contributed by atoms with Crippen LogP contribution in [0.15, 0.2) is 0 Å². The van der Waals surface area contributed by atoms with Crippen molar-refractivity contribution >= 4 is 17.9 Å². The van der Waals surface area contributed by atoms with Crippen molar-refractivity contribution in [3.63, 3.8) is 0 Å². The van der Waals surface area contributed by atoms with Gasteiger partial charge in [0.15, 0.2) is 0 Å². The van der Waals surface area contributed by atoms with Crippen molar-refractivity contribution in [1.29, 1.82) is 0 Å². The minimum atomic E-state index is -0.576. The van der Waals surface area contributed by atoms with Crippen molar-refractivity contribution in [1.82, 2.24) is 15.1 Å². The molecule has 3 rings (SSSR count). The Morgan fingerprint density at radius 3 is 2.54 bits per heavy atom. The molecule has 3 aliphatic heterocycles. The summed E-state index contributed by atoms with van der Waals surface area (Å²) >= 11 is 0. The van der Waals surface area contributed by atoms with Crippen molar-refractivity contribution in [3.8, 4) is 0 Å². The Hall–Kier alpha value is -1.83. The zero-order valence-corrected chi connectivity index (χ0v) is 15.9. The number of carbonyl (C=O) groups excluding carboxylic acids is 3. The van der Waals surface area contributed by atoms with Gasteiger partial charge in [0.25, 0.3) is 0 Å². The van der Waals surface area contributed by atoms with Crippen LogP contribution >= 0.6 is 0 Å². The first kappa shape index (κ1) is 18.9. The lowest BCUT2D eigenvalue weighted by molar-refractivity contribution is -0.145. The van der Waals surface area contributed by atoms with E-state index in [-0.39, 0.29) is 35.8 Å². The van der Waals surface area contributed by atoms with Crippen molar-refractivity contribution < 1.29 is 23.9 Å². The first-order valence-corrected chi connectivity index (χ1v) is 9.31. The van der Waals surface area contributed by atoms with E-state index < -0.39 is 5.60 Å². The van der Waals surface area contributed by atoms with Crippen LogP contribution in [0.1, 0.15) is 33.6 Å². The largest absolute Gasteiger partial charge is 0.444 e. The molecule has 3 saturated heterocycles. The highest BCUT2D eigenvalue weighted by Gasteiger charge is 2.53. The van der Waals surface area contributed by atoms with Crippen LogP contribution < -0.4 is 5.32 Å². The summed E-state index contributed by atoms with van der Waals surface area (Å²) in [5.41, 5.74) is -0.868. The van der Waals surface area contributed by atoms with Crippen molar-refractivity contribution in [2.45, 2.75) is 39.2 Å². The van der Waals surface area contributed by atoms with Crippen molar-refractivity contribution in [2.24, 2.45) is 11.3 Å². The van der Waals surface area contributed by atoms with Gasteiger partial charge in [0.05, 0.1) is 12.5 Å². The molecular weight excluding hydrogens is 338 g/mol. The number of hydrogen-bond donors (Lipinski definition) is 1. The van der Waals surface area contributed by atoms with E-state index in [1.54, 1.807) is 9.80 Å². The molecule has 0 aromatic heterocycles. The maximum atomic E-state index is 13.2. The van der Waals surface area contributed by atoms with E-state index in [0.29, 0.717) is 39.4 Å². The Labute approximate surface area is 154 Å². The third kappa shape index (κ3) is 3.95. The summed E-state index contributed by atoms with van der Waals surface area (Å²) in [6.07, 6.45) is 1.10. The summed E-state index contributed by atoms with van der Waals surface area (Å²) in [5, 5.41) is 2.74. The van der Waals surface area contributed by atoms with Gasteiger partial charge in [0, 0.05) is 44.8 Å². The standard InChI is InChI=1S/C18H29N3O5/c1-17(2,3)26-16(24)21-10-13(18(12-21)4-8-25-9-5-18)15(23)20-7-6-19-14(22)11-20/h13H,4-12H2,1-3H3,(H,19,22). The third-order valence-corrected chi connectivity index (χ3v) is 5.44. The van der Waals surface area contributed by atoms with Crippen LogP contribution in [-0.2, 0) is 19.1 Å². The number of carbonyl (C=O) groups is 3. The van der Waals surface area contributed by atoms with E-state index in [1.165, 1.54) is 0 Å². The van der Waals surface area contributed by atoms with Crippen LogP contribution in [-0.4, -0.2) is 79.2 Å². The average Bonchev–Trinajstić information content (AvgIpc) is 2.92. The van der Waals surface area contributed by atoms with Crippen LogP contribution in [0, 0.1) is 11.3 Å². The van der Waals surface area contributed by atoms with Gasteiger partial charge in [-0.25, -0.2) is 4.79 Å². The fraction of sp³-hybridized carbons (Fsp3) is 0.833. The highest BCUT2D eigenvalue weighted by atomic mass is 16.6. The van der Waals surface area contributed by atoms with Gasteiger partial charge in [-0.15, -0.1) is 0 Å². The van der Waals surface area contributed by atoms with E-state index >= 15 is 0 Å². The Morgan fingerprint density at radius 2 is 1.92 bits per heavy atom. The molecular formula is C18H29N3O5. The lowest BCUT2D eigenvalue weighted by Crippen LogP contribution is -2.54. The van der Waals surface area contributed by atoms with E-state index in [9.17, 15) is 14.4 Å². The van der Waals surface area contributed by atoms with Crippen LogP contribution in [0.25, 0.3) is 0 Å². The van der Waals surface area contributed by atoms with Crippen LogP contribution in [0.2, 0.25) is 0 Å². The molecule has 1 unspecified atom stereocenters. The molecule has 0 bridgehead atoms. The van der Waals surface area contributed by atoms with Gasteiger partial charge in [0.1, 0.15) is 5.60 Å². The first-order valence-electron chi connectivity index (χ1n) is 9.31. The van der Waals surface area contributed by atoms with E-state index in [2.05, 4.69) is 5.32 Å². The van der Waals surface area contributed by atoms with Gasteiger partial charge in [-0.2, -0.15) is 0 Å². The molecule has 1 spiro atoms. The Bertz CT molecular complexity index is 580. The van der Waals surface area contributed by atoms with Gasteiger partial charge in [-0.1, -0.05) is 0 Å². The zero-order chi connectivity index (χ0) is 18.9. The second-order valence-corrected chi connectivity index (χ2v) is 8.50. The summed E-state index contributed by atoms with van der Waals surface area (Å²) in [5.74, 6) is -0.481. The summed E-state index contributed by atoms with van der Waals surface area (Å²) in [4.78, 5) is 40.7. The van der Waals surface area contributed by atoms with E-state index in [4.69, 9.17) is 9.47 Å². The number of nitrogens with zero attached hydrogens (tertiary/aromatic N) is 2. The summed E-state index contributed by atoms with van der Waals surface area (Å²) in [7, 11) is 0. The molecule has 0 aliphatic carbocycles. The summed E-state index contributed by atoms with van der Waals surface area (Å²) in [6.45, 7) is 8.60. The van der Waals surface area contributed by atoms with Crippen LogP contribution in [0.4, 0.5) is 4.79 Å². The number of piperazine rings is 1. The van der Waals surface area contributed by atoms with Gasteiger partial charge < -0.3 is 24.6 Å². The first-order chi connectivity index (χ1) is 12.2. The lowest BCUT2D eigenvalue weighted by Gasteiger charge is -2.39. The topological polar surface area (TPSA) is 88.2 Å². The molecule has 0 aromatic rings. The molecule has 0 radical (unpaired) electrons. The maximum absolute atomic E-state index is 13.2. The molecule has 146 valence electrons. The number of amides is 3. The maximum Gasteiger partial charge on any atom is 0.410 e. The molecule has 0 aromatic carbocycles. The fourth-order valence-electron chi connectivity index (χ4n) is 4.11. The lowest BCUT2D eigenvalue weighted by atomic mass is 9.71. The van der Waals surface area contributed by atoms with Gasteiger partial charge >= 0.3 is 6.09 Å². The third-order valence-electron chi connectivity index (χ3n) is 5.44. The number of hydrogen-bond acceptors (Lipinski definition) is 5. The number of ether oxygens (including phenoxy) is 2. The Balaban J connectivity index is 1.78. The minimum Gasteiger partial charge on any atom is -0.444 e. The summed E-state index contributed by atoms with van der Waals surface area (Å²) < 4.78 is 11.0.